The quantitative estimate of drug-likeness (QED) is 0.517. The van der Waals surface area contributed by atoms with Gasteiger partial charge >= 0.3 is 12.1 Å². The Morgan fingerprint density at radius 3 is 2.49 bits per heavy atom. The molecule has 2 atom stereocenters. The maximum absolute atomic E-state index is 13.0. The number of hydrogen-bond donors (Lipinski definition) is 3. The van der Waals surface area contributed by atoms with Gasteiger partial charge in [0.25, 0.3) is 11.9 Å². The number of carbonyl (C=O) groups excluding carboxylic acids is 2. The van der Waals surface area contributed by atoms with E-state index in [-0.39, 0.29) is 30.2 Å². The molecule has 0 radical (unpaired) electrons. The molecule has 1 saturated carbocycles. The molecule has 1 saturated heterocycles. The standard InChI is InChI=1S/C25H23N5O5/c31-21(30-11-5-6-14-12-25(14,30)22(32)33)20-26-23(29-28-20)27-24(34)35-13-19-17-9-3-1-7-15(17)16-8-2-4-10-18(16)19/h1-4,7-10,14,19H,5-6,11-13H2,(H,32,33)(H2,26,27,28,29,34). The Morgan fingerprint density at radius 2 is 1.80 bits per heavy atom. The fourth-order valence-corrected chi connectivity index (χ4v) is 5.61. The Bertz CT molecular complexity index is 1310. The van der Waals surface area contributed by atoms with Crippen LogP contribution in [0.2, 0.25) is 0 Å². The number of rotatable bonds is 5. The number of piperidine rings is 1. The third kappa shape index (κ3) is 3.36. The van der Waals surface area contributed by atoms with Gasteiger partial charge in [0.2, 0.25) is 5.82 Å². The van der Waals surface area contributed by atoms with Crippen molar-refractivity contribution in [2.45, 2.75) is 30.7 Å². The van der Waals surface area contributed by atoms with Crippen molar-refractivity contribution in [1.82, 2.24) is 20.1 Å². The molecule has 2 unspecified atom stereocenters. The topological polar surface area (TPSA) is 138 Å². The number of ether oxygens (including phenoxy) is 1. The number of hydrogen-bond acceptors (Lipinski definition) is 6. The van der Waals surface area contributed by atoms with Crippen LogP contribution in [0.4, 0.5) is 10.7 Å². The summed E-state index contributed by atoms with van der Waals surface area (Å²) in [6, 6.07) is 16.1. The number of aliphatic carboxylic acids is 1. The lowest BCUT2D eigenvalue weighted by Crippen LogP contribution is -2.51. The Balaban J connectivity index is 1.11. The highest BCUT2D eigenvalue weighted by atomic mass is 16.5. The average Bonchev–Trinajstić information content (AvgIpc) is 3.33. The van der Waals surface area contributed by atoms with E-state index in [1.807, 2.05) is 36.4 Å². The number of anilines is 1. The molecule has 178 valence electrons. The smallest absolute Gasteiger partial charge is 0.414 e. The van der Waals surface area contributed by atoms with E-state index in [9.17, 15) is 19.5 Å². The summed E-state index contributed by atoms with van der Waals surface area (Å²) in [5.74, 6) is -1.88. The first kappa shape index (κ1) is 21.3. The minimum absolute atomic E-state index is 0.0287. The SMILES string of the molecule is O=C(Nc1n[nH]c(C(=O)N2CCCC3CC32C(=O)O)n1)OCC1c2ccccc2-c2ccccc21. The molecule has 10 heteroatoms. The van der Waals surface area contributed by atoms with Gasteiger partial charge in [-0.3, -0.25) is 15.2 Å². The van der Waals surface area contributed by atoms with Crippen LogP contribution in [-0.4, -0.2) is 61.8 Å². The Kier molecular flexibility index (Phi) is 4.84. The van der Waals surface area contributed by atoms with E-state index in [0.29, 0.717) is 13.0 Å². The Labute approximate surface area is 200 Å². The van der Waals surface area contributed by atoms with E-state index in [1.54, 1.807) is 0 Å². The van der Waals surface area contributed by atoms with E-state index in [4.69, 9.17) is 4.74 Å². The first-order chi connectivity index (χ1) is 17.0. The lowest BCUT2D eigenvalue weighted by molar-refractivity contribution is -0.145. The highest BCUT2D eigenvalue weighted by Crippen LogP contribution is 2.54. The normalized spacial score (nSPS) is 22.1. The zero-order chi connectivity index (χ0) is 24.2. The Hall–Kier alpha value is -4.21. The van der Waals surface area contributed by atoms with Gasteiger partial charge in [-0.2, -0.15) is 4.98 Å². The van der Waals surface area contributed by atoms with E-state index in [2.05, 4.69) is 32.6 Å². The van der Waals surface area contributed by atoms with Crippen LogP contribution in [0.5, 0.6) is 0 Å². The predicted molar refractivity (Wildman–Crippen MR) is 124 cm³/mol. The molecule has 3 aromatic rings. The van der Waals surface area contributed by atoms with Gasteiger partial charge in [0.05, 0.1) is 0 Å². The minimum Gasteiger partial charge on any atom is -0.479 e. The molecule has 3 N–H and O–H groups in total. The summed E-state index contributed by atoms with van der Waals surface area (Å²) in [5, 5.41) is 18.5. The summed E-state index contributed by atoms with van der Waals surface area (Å²) in [7, 11) is 0. The third-order valence-corrected chi connectivity index (χ3v) is 7.35. The monoisotopic (exact) mass is 473 g/mol. The molecule has 2 fully saturated rings. The van der Waals surface area contributed by atoms with Crippen LogP contribution in [0.1, 0.15) is 46.9 Å². The average molecular weight is 473 g/mol. The van der Waals surface area contributed by atoms with Gasteiger partial charge in [-0.05, 0) is 47.4 Å². The summed E-state index contributed by atoms with van der Waals surface area (Å²) >= 11 is 0. The summed E-state index contributed by atoms with van der Waals surface area (Å²) in [6.07, 6.45) is 1.24. The molecule has 1 aromatic heterocycles. The number of likely N-dealkylation sites (tertiary alicyclic amines) is 1. The van der Waals surface area contributed by atoms with Crippen LogP contribution < -0.4 is 5.32 Å². The molecule has 2 amide bonds. The number of fused-ring (bicyclic) bond motifs is 4. The number of nitrogens with one attached hydrogen (secondary N) is 2. The van der Waals surface area contributed by atoms with Crippen LogP contribution in [0.3, 0.4) is 0 Å². The summed E-state index contributed by atoms with van der Waals surface area (Å²) in [5.41, 5.74) is 3.30. The zero-order valence-electron chi connectivity index (χ0n) is 18.7. The largest absolute Gasteiger partial charge is 0.479 e. The molecule has 10 nitrogen and oxygen atoms in total. The number of aromatic nitrogens is 3. The number of aromatic amines is 1. The maximum Gasteiger partial charge on any atom is 0.414 e. The molecule has 1 aliphatic heterocycles. The molecule has 0 bridgehead atoms. The van der Waals surface area contributed by atoms with Gasteiger partial charge in [-0.25, -0.2) is 9.59 Å². The fraction of sp³-hybridized carbons (Fsp3) is 0.320. The first-order valence-corrected chi connectivity index (χ1v) is 11.6. The minimum atomic E-state index is -1.15. The number of carbonyl (C=O) groups is 3. The van der Waals surface area contributed by atoms with Crippen molar-refractivity contribution in [3.8, 4) is 11.1 Å². The van der Waals surface area contributed by atoms with Crippen molar-refractivity contribution in [1.29, 1.82) is 0 Å². The van der Waals surface area contributed by atoms with Gasteiger partial charge in [-0.1, -0.05) is 48.5 Å². The molecule has 2 aromatic carbocycles. The first-order valence-electron chi connectivity index (χ1n) is 11.6. The Morgan fingerprint density at radius 1 is 1.11 bits per heavy atom. The van der Waals surface area contributed by atoms with Gasteiger partial charge in [0.1, 0.15) is 12.1 Å². The number of amides is 2. The van der Waals surface area contributed by atoms with E-state index in [0.717, 1.165) is 35.1 Å². The fourth-order valence-electron chi connectivity index (χ4n) is 5.61. The predicted octanol–water partition coefficient (Wildman–Crippen LogP) is 3.25. The zero-order valence-corrected chi connectivity index (χ0v) is 18.7. The molecule has 35 heavy (non-hydrogen) atoms. The second kappa shape index (κ2) is 7.93. The van der Waals surface area contributed by atoms with E-state index >= 15 is 0 Å². The van der Waals surface area contributed by atoms with Crippen molar-refractivity contribution in [3.63, 3.8) is 0 Å². The number of benzene rings is 2. The number of nitrogens with zero attached hydrogens (tertiary/aromatic N) is 3. The second-order valence-corrected chi connectivity index (χ2v) is 9.19. The van der Waals surface area contributed by atoms with E-state index in [1.165, 1.54) is 4.90 Å². The second-order valence-electron chi connectivity index (χ2n) is 9.19. The van der Waals surface area contributed by atoms with Crippen LogP contribution in [-0.2, 0) is 9.53 Å². The number of H-pyrrole nitrogens is 1. The molecule has 6 rings (SSSR count). The number of carboxylic acids is 1. The van der Waals surface area contributed by atoms with Crippen molar-refractivity contribution in [3.05, 3.63) is 65.5 Å². The maximum atomic E-state index is 13.0. The lowest BCUT2D eigenvalue weighted by Gasteiger charge is -2.32. The van der Waals surface area contributed by atoms with Gasteiger partial charge < -0.3 is 14.7 Å². The van der Waals surface area contributed by atoms with Crippen molar-refractivity contribution in [2.24, 2.45) is 5.92 Å². The van der Waals surface area contributed by atoms with Crippen molar-refractivity contribution >= 4 is 23.9 Å². The van der Waals surface area contributed by atoms with Gasteiger partial charge in [0, 0.05) is 12.5 Å². The lowest BCUT2D eigenvalue weighted by atomic mass is 9.98. The van der Waals surface area contributed by atoms with Crippen molar-refractivity contribution in [2.75, 3.05) is 18.5 Å². The van der Waals surface area contributed by atoms with Crippen molar-refractivity contribution < 1.29 is 24.2 Å². The van der Waals surface area contributed by atoms with Crippen LogP contribution in [0.15, 0.2) is 48.5 Å². The van der Waals surface area contributed by atoms with E-state index < -0.39 is 23.5 Å². The van der Waals surface area contributed by atoms with Gasteiger partial charge in [0.15, 0.2) is 0 Å². The highest BCUT2D eigenvalue weighted by Gasteiger charge is 2.67. The molecule has 2 aliphatic carbocycles. The molecular weight excluding hydrogens is 450 g/mol. The molecular formula is C25H23N5O5. The molecule has 3 aliphatic rings. The van der Waals surface area contributed by atoms with Crippen LogP contribution >= 0.6 is 0 Å². The summed E-state index contributed by atoms with van der Waals surface area (Å²) < 4.78 is 5.48. The summed E-state index contributed by atoms with van der Waals surface area (Å²) in [6.45, 7) is 0.476. The summed E-state index contributed by atoms with van der Waals surface area (Å²) in [4.78, 5) is 42.7. The highest BCUT2D eigenvalue weighted by molar-refractivity contribution is 5.97. The van der Waals surface area contributed by atoms with Crippen LogP contribution in [0.25, 0.3) is 11.1 Å². The third-order valence-electron chi connectivity index (χ3n) is 7.35. The molecule has 0 spiro atoms. The molecule has 2 heterocycles. The van der Waals surface area contributed by atoms with Gasteiger partial charge in [-0.15, -0.1) is 5.10 Å². The van der Waals surface area contributed by atoms with Crippen LogP contribution in [0, 0.1) is 5.92 Å². The number of carboxylic acid groups (broad SMARTS) is 1.